The van der Waals surface area contributed by atoms with Gasteiger partial charge in [-0.25, -0.2) is 0 Å². The summed E-state index contributed by atoms with van der Waals surface area (Å²) in [5.74, 6) is 0. The Morgan fingerprint density at radius 1 is 0.950 bits per heavy atom. The van der Waals surface area contributed by atoms with Crippen molar-refractivity contribution in [3.8, 4) is 0 Å². The summed E-state index contributed by atoms with van der Waals surface area (Å²) in [7, 11) is 0. The number of para-hydroxylation sites is 1. The molecule has 0 radical (unpaired) electrons. The molecule has 3 heteroatoms. The molecule has 1 N–H and O–H groups in total. The number of nitrogens with zero attached hydrogens (tertiary/aromatic N) is 2. The molecule has 0 fully saturated rings. The van der Waals surface area contributed by atoms with Gasteiger partial charge in [-0.3, -0.25) is 5.43 Å². The Labute approximate surface area is 120 Å². The first kappa shape index (κ1) is 14.1. The number of nitrogens with one attached hydrogen (secondary N) is 1. The molecule has 104 valence electrons. The maximum Gasteiger partial charge on any atom is 0.0561 e. The van der Waals surface area contributed by atoms with Crippen molar-refractivity contribution in [3.63, 3.8) is 0 Å². The Morgan fingerprint density at radius 3 is 2.20 bits per heavy atom. The minimum Gasteiger partial charge on any atom is -0.372 e. The fraction of sp³-hybridized carbons (Fsp3) is 0.235. The number of hydrogen-bond donors (Lipinski definition) is 1. The molecule has 0 unspecified atom stereocenters. The Bertz CT molecular complexity index is 528. The normalized spacial score (nSPS) is 10.7. The highest BCUT2D eigenvalue weighted by atomic mass is 15.3. The summed E-state index contributed by atoms with van der Waals surface area (Å²) in [6, 6.07) is 18.4. The number of benzene rings is 2. The van der Waals surface area contributed by atoms with Gasteiger partial charge in [0.05, 0.1) is 11.9 Å². The zero-order valence-electron chi connectivity index (χ0n) is 12.1. The van der Waals surface area contributed by atoms with Crippen molar-refractivity contribution < 1.29 is 0 Å². The molecule has 20 heavy (non-hydrogen) atoms. The maximum atomic E-state index is 4.24. The van der Waals surface area contributed by atoms with Gasteiger partial charge in [0.25, 0.3) is 0 Å². The van der Waals surface area contributed by atoms with E-state index < -0.39 is 0 Å². The van der Waals surface area contributed by atoms with Crippen molar-refractivity contribution in [2.24, 2.45) is 5.10 Å². The summed E-state index contributed by atoms with van der Waals surface area (Å²) in [5.41, 5.74) is 6.34. The van der Waals surface area contributed by atoms with Gasteiger partial charge in [-0.1, -0.05) is 30.3 Å². The van der Waals surface area contributed by atoms with Gasteiger partial charge in [0.1, 0.15) is 0 Å². The van der Waals surface area contributed by atoms with Crippen LogP contribution in [0.1, 0.15) is 19.4 Å². The predicted octanol–water partition coefficient (Wildman–Crippen LogP) is 3.98. The van der Waals surface area contributed by atoms with Crippen molar-refractivity contribution in [3.05, 3.63) is 60.2 Å². The minimum atomic E-state index is 0.989. The molecule has 0 bridgehead atoms. The van der Waals surface area contributed by atoms with Crippen molar-refractivity contribution in [1.29, 1.82) is 0 Å². The first-order valence-electron chi connectivity index (χ1n) is 7.02. The third-order valence-corrected chi connectivity index (χ3v) is 3.20. The van der Waals surface area contributed by atoms with Crippen molar-refractivity contribution >= 4 is 17.6 Å². The van der Waals surface area contributed by atoms with Crippen LogP contribution in [0.25, 0.3) is 0 Å². The van der Waals surface area contributed by atoms with Gasteiger partial charge in [0.15, 0.2) is 0 Å². The van der Waals surface area contributed by atoms with E-state index >= 15 is 0 Å². The van der Waals surface area contributed by atoms with Gasteiger partial charge in [0, 0.05) is 18.8 Å². The lowest BCUT2D eigenvalue weighted by Gasteiger charge is -2.20. The number of anilines is 2. The van der Waals surface area contributed by atoms with Gasteiger partial charge in [-0.2, -0.15) is 5.10 Å². The maximum absolute atomic E-state index is 4.24. The van der Waals surface area contributed by atoms with Gasteiger partial charge < -0.3 is 4.90 Å². The Balaban J connectivity index is 1.97. The molecule has 3 nitrogen and oxygen atoms in total. The summed E-state index contributed by atoms with van der Waals surface area (Å²) < 4.78 is 0. The smallest absolute Gasteiger partial charge is 0.0561 e. The van der Waals surface area contributed by atoms with E-state index in [4.69, 9.17) is 0 Å². The Hall–Kier alpha value is -2.29. The largest absolute Gasteiger partial charge is 0.372 e. The fourth-order valence-electron chi connectivity index (χ4n) is 2.05. The zero-order valence-corrected chi connectivity index (χ0v) is 12.1. The molecule has 0 saturated heterocycles. The SMILES string of the molecule is CCN(CC)c1ccc(/C=N/Nc2ccccc2)cc1. The first-order chi connectivity index (χ1) is 9.83. The highest BCUT2D eigenvalue weighted by Gasteiger charge is 2.00. The molecule has 0 aliphatic rings. The van der Waals surface area contributed by atoms with E-state index in [9.17, 15) is 0 Å². The van der Waals surface area contributed by atoms with Crippen LogP contribution in [0.4, 0.5) is 11.4 Å². The van der Waals surface area contributed by atoms with Crippen LogP contribution in [0, 0.1) is 0 Å². The van der Waals surface area contributed by atoms with Crippen molar-refractivity contribution in [2.75, 3.05) is 23.4 Å². The van der Waals surface area contributed by atoms with Crippen LogP contribution in [0.15, 0.2) is 59.7 Å². The monoisotopic (exact) mass is 267 g/mol. The Kier molecular flexibility index (Phi) is 5.18. The first-order valence-corrected chi connectivity index (χ1v) is 7.02. The van der Waals surface area contributed by atoms with Crippen LogP contribution in [0.5, 0.6) is 0 Å². The lowest BCUT2D eigenvalue weighted by atomic mass is 10.2. The second kappa shape index (κ2) is 7.34. The zero-order chi connectivity index (χ0) is 14.2. The van der Waals surface area contributed by atoms with Crippen molar-refractivity contribution in [1.82, 2.24) is 0 Å². The third kappa shape index (κ3) is 3.85. The molecule has 2 aromatic carbocycles. The molecule has 2 rings (SSSR count). The lowest BCUT2D eigenvalue weighted by Crippen LogP contribution is -2.21. The van der Waals surface area contributed by atoms with Crippen LogP contribution < -0.4 is 10.3 Å². The average molecular weight is 267 g/mol. The van der Waals surface area contributed by atoms with E-state index in [-0.39, 0.29) is 0 Å². The van der Waals surface area contributed by atoms with E-state index in [1.54, 1.807) is 0 Å². The molecule has 0 aliphatic heterocycles. The van der Waals surface area contributed by atoms with E-state index in [0.717, 1.165) is 24.3 Å². The van der Waals surface area contributed by atoms with Crippen LogP contribution in [-0.4, -0.2) is 19.3 Å². The standard InChI is InChI=1S/C17H21N3/c1-3-20(4-2)17-12-10-15(11-13-17)14-18-19-16-8-6-5-7-9-16/h5-14,19H,3-4H2,1-2H3/b18-14+. The average Bonchev–Trinajstić information content (AvgIpc) is 2.51. The van der Waals surface area contributed by atoms with E-state index in [0.29, 0.717) is 0 Å². The van der Waals surface area contributed by atoms with E-state index in [2.05, 4.69) is 53.5 Å². The molecule has 0 heterocycles. The second-order valence-electron chi connectivity index (χ2n) is 4.50. The van der Waals surface area contributed by atoms with Crippen molar-refractivity contribution in [2.45, 2.75) is 13.8 Å². The lowest BCUT2D eigenvalue weighted by molar-refractivity contribution is 0.866. The third-order valence-electron chi connectivity index (χ3n) is 3.20. The van der Waals surface area contributed by atoms with Crippen LogP contribution >= 0.6 is 0 Å². The van der Waals surface area contributed by atoms with Crippen LogP contribution in [-0.2, 0) is 0 Å². The molecule has 2 aromatic rings. The minimum absolute atomic E-state index is 0.989. The Morgan fingerprint density at radius 2 is 1.60 bits per heavy atom. The molecular formula is C17H21N3. The van der Waals surface area contributed by atoms with E-state index in [1.165, 1.54) is 5.69 Å². The molecule has 0 spiro atoms. The van der Waals surface area contributed by atoms with Crippen LogP contribution in [0.3, 0.4) is 0 Å². The number of hydrazone groups is 1. The summed E-state index contributed by atoms with van der Waals surface area (Å²) in [5, 5.41) is 4.24. The quantitative estimate of drug-likeness (QED) is 0.633. The topological polar surface area (TPSA) is 27.6 Å². The van der Waals surface area contributed by atoms with Gasteiger partial charge >= 0.3 is 0 Å². The summed E-state index contributed by atoms with van der Waals surface area (Å²) in [6.45, 7) is 6.39. The summed E-state index contributed by atoms with van der Waals surface area (Å²) >= 11 is 0. The molecule has 0 saturated carbocycles. The number of hydrogen-bond acceptors (Lipinski definition) is 3. The van der Waals surface area contributed by atoms with E-state index in [1.807, 2.05) is 36.5 Å². The second-order valence-corrected chi connectivity index (χ2v) is 4.50. The highest BCUT2D eigenvalue weighted by Crippen LogP contribution is 2.14. The summed E-state index contributed by atoms with van der Waals surface area (Å²) in [6.07, 6.45) is 1.83. The molecular weight excluding hydrogens is 246 g/mol. The molecule has 0 aliphatic carbocycles. The molecule has 0 aromatic heterocycles. The fourth-order valence-corrected chi connectivity index (χ4v) is 2.05. The van der Waals surface area contributed by atoms with Gasteiger partial charge in [-0.15, -0.1) is 0 Å². The predicted molar refractivity (Wildman–Crippen MR) is 87.7 cm³/mol. The van der Waals surface area contributed by atoms with Crippen LogP contribution in [0.2, 0.25) is 0 Å². The molecule has 0 atom stereocenters. The number of rotatable bonds is 6. The highest BCUT2D eigenvalue weighted by molar-refractivity contribution is 5.81. The van der Waals surface area contributed by atoms with Gasteiger partial charge in [-0.05, 0) is 43.7 Å². The van der Waals surface area contributed by atoms with Gasteiger partial charge in [0.2, 0.25) is 0 Å². The molecule has 0 amide bonds. The summed E-state index contributed by atoms with van der Waals surface area (Å²) in [4.78, 5) is 2.32.